The van der Waals surface area contributed by atoms with Gasteiger partial charge in [-0.05, 0) is 54.7 Å². The largest absolute Gasteiger partial charge is 0.396 e. The molecular weight excluding hydrogens is 464 g/mol. The van der Waals surface area contributed by atoms with Gasteiger partial charge in [0.25, 0.3) is 5.56 Å². The third kappa shape index (κ3) is 4.65. The number of hydrogen-bond donors (Lipinski definition) is 2. The number of carbonyl (C=O) groups is 1. The first-order chi connectivity index (χ1) is 18.1. The molecule has 2 N–H and O–H groups in total. The quantitative estimate of drug-likeness (QED) is 0.501. The van der Waals surface area contributed by atoms with Crippen LogP contribution in [-0.2, 0) is 17.9 Å². The number of nitrogens with zero attached hydrogens (tertiary/aromatic N) is 3. The molecule has 0 radical (unpaired) electrons. The van der Waals surface area contributed by atoms with E-state index in [-0.39, 0.29) is 36.1 Å². The number of hydrogen-bond acceptors (Lipinski definition) is 5. The minimum absolute atomic E-state index is 0.0445. The Hall–Kier alpha value is -3.55. The number of fused-ring (bicyclic) bond motifs is 4. The van der Waals surface area contributed by atoms with Gasteiger partial charge < -0.3 is 15.0 Å². The summed E-state index contributed by atoms with van der Waals surface area (Å²) in [6.07, 6.45) is 7.93. The fourth-order valence-electron chi connectivity index (χ4n) is 6.07. The monoisotopic (exact) mass is 496 g/mol. The van der Waals surface area contributed by atoms with Crippen molar-refractivity contribution in [3.05, 3.63) is 99.7 Å². The third-order valence-electron chi connectivity index (χ3n) is 8.09. The van der Waals surface area contributed by atoms with Crippen molar-refractivity contribution in [2.24, 2.45) is 17.8 Å². The lowest BCUT2D eigenvalue weighted by Gasteiger charge is -2.38. The van der Waals surface area contributed by atoms with Crippen LogP contribution in [0.5, 0.6) is 0 Å². The van der Waals surface area contributed by atoms with Crippen molar-refractivity contribution in [1.82, 2.24) is 19.8 Å². The molecular formula is C30H32N4O3. The summed E-state index contributed by atoms with van der Waals surface area (Å²) in [5.41, 5.74) is 3.27. The Bertz CT molecular complexity index is 1350. The van der Waals surface area contributed by atoms with Crippen LogP contribution in [-0.4, -0.2) is 44.7 Å². The average molecular weight is 497 g/mol. The zero-order valence-corrected chi connectivity index (χ0v) is 20.7. The molecule has 3 aliphatic rings. The van der Waals surface area contributed by atoms with Crippen LogP contribution < -0.4 is 10.9 Å². The van der Waals surface area contributed by atoms with E-state index in [2.05, 4.69) is 15.2 Å². The Balaban J connectivity index is 1.33. The number of benzene rings is 1. The zero-order chi connectivity index (χ0) is 25.4. The molecule has 0 unspecified atom stereocenters. The van der Waals surface area contributed by atoms with Gasteiger partial charge in [-0.1, -0.05) is 42.5 Å². The summed E-state index contributed by atoms with van der Waals surface area (Å²) >= 11 is 0. The molecule has 3 aromatic rings. The van der Waals surface area contributed by atoms with E-state index in [1.54, 1.807) is 6.20 Å². The fraction of sp³-hybridized carbons (Fsp3) is 0.367. The number of carbonyl (C=O) groups excluding carboxylic acids is 1. The summed E-state index contributed by atoms with van der Waals surface area (Å²) < 4.78 is 1.85. The molecule has 2 fully saturated rings. The van der Waals surface area contributed by atoms with Gasteiger partial charge in [-0.25, -0.2) is 0 Å². The van der Waals surface area contributed by atoms with Gasteiger partial charge in [-0.15, -0.1) is 0 Å². The highest BCUT2D eigenvalue weighted by Crippen LogP contribution is 2.50. The van der Waals surface area contributed by atoms with Gasteiger partial charge in [0.2, 0.25) is 5.91 Å². The first-order valence-corrected chi connectivity index (χ1v) is 13.1. The highest BCUT2D eigenvalue weighted by molar-refractivity contribution is 5.80. The van der Waals surface area contributed by atoms with E-state index in [0.717, 1.165) is 23.5 Å². The molecule has 2 aromatic heterocycles. The predicted molar refractivity (Wildman–Crippen MR) is 142 cm³/mol. The third-order valence-corrected chi connectivity index (χ3v) is 8.09. The molecule has 0 spiro atoms. The van der Waals surface area contributed by atoms with Crippen molar-refractivity contribution < 1.29 is 9.90 Å². The summed E-state index contributed by atoms with van der Waals surface area (Å²) in [5, 5.41) is 13.5. The van der Waals surface area contributed by atoms with Crippen LogP contribution in [0, 0.1) is 17.8 Å². The number of rotatable bonds is 8. The second-order valence-electron chi connectivity index (χ2n) is 10.4. The van der Waals surface area contributed by atoms with Crippen molar-refractivity contribution in [1.29, 1.82) is 0 Å². The lowest BCUT2D eigenvalue weighted by Crippen LogP contribution is -2.47. The van der Waals surface area contributed by atoms with Crippen LogP contribution in [0.25, 0.3) is 12.2 Å². The molecule has 7 heteroatoms. The molecule has 1 saturated carbocycles. The molecule has 1 amide bonds. The fourth-order valence-corrected chi connectivity index (χ4v) is 6.07. The molecule has 4 heterocycles. The topological polar surface area (TPSA) is 87.5 Å². The zero-order valence-electron chi connectivity index (χ0n) is 20.7. The second-order valence-corrected chi connectivity index (χ2v) is 10.4. The van der Waals surface area contributed by atoms with Gasteiger partial charge in [0.15, 0.2) is 0 Å². The molecule has 1 aromatic carbocycles. The van der Waals surface area contributed by atoms with E-state index in [1.807, 2.05) is 77.4 Å². The van der Waals surface area contributed by atoms with E-state index < -0.39 is 5.92 Å². The molecule has 4 atom stereocenters. The maximum absolute atomic E-state index is 13.6. The molecule has 190 valence electrons. The number of nitrogens with one attached hydrogen (secondary N) is 1. The smallest absolute Gasteiger partial charge is 0.258 e. The summed E-state index contributed by atoms with van der Waals surface area (Å²) in [5.74, 6) is -0.135. The van der Waals surface area contributed by atoms with Crippen LogP contribution in [0.3, 0.4) is 0 Å². The van der Waals surface area contributed by atoms with E-state index in [4.69, 9.17) is 0 Å². The van der Waals surface area contributed by atoms with Crippen LogP contribution >= 0.6 is 0 Å². The van der Waals surface area contributed by atoms with Gasteiger partial charge in [-0.3, -0.25) is 19.5 Å². The van der Waals surface area contributed by atoms with Crippen LogP contribution in [0.4, 0.5) is 0 Å². The Morgan fingerprint density at radius 1 is 1.05 bits per heavy atom. The van der Waals surface area contributed by atoms with Crippen molar-refractivity contribution in [3.63, 3.8) is 0 Å². The molecule has 37 heavy (non-hydrogen) atoms. The highest BCUT2D eigenvalue weighted by Gasteiger charge is 2.56. The Kier molecular flexibility index (Phi) is 6.49. The first kappa shape index (κ1) is 23.8. The van der Waals surface area contributed by atoms with Gasteiger partial charge in [0.05, 0.1) is 24.2 Å². The summed E-state index contributed by atoms with van der Waals surface area (Å²) in [7, 11) is 0. The number of aromatic nitrogens is 2. The lowest BCUT2D eigenvalue weighted by atomic mass is 9.86. The maximum Gasteiger partial charge on any atom is 0.258 e. The summed E-state index contributed by atoms with van der Waals surface area (Å²) in [4.78, 5) is 33.9. The molecule has 1 aliphatic carbocycles. The van der Waals surface area contributed by atoms with Gasteiger partial charge in [-0.2, -0.15) is 0 Å². The molecule has 7 nitrogen and oxygen atoms in total. The first-order valence-electron chi connectivity index (χ1n) is 13.1. The van der Waals surface area contributed by atoms with Crippen molar-refractivity contribution in [3.8, 4) is 0 Å². The SMILES string of the molecule is O=C(NCc1ccccn1)[C@@H]1[C@@H](CO)[C@@H]2Cn3c(ccc(/C=C/c4ccccc4)c3=O)[C@H]1N2CC1CC1. The van der Waals surface area contributed by atoms with E-state index in [9.17, 15) is 14.7 Å². The number of amides is 1. The van der Waals surface area contributed by atoms with Crippen molar-refractivity contribution in [2.45, 2.75) is 38.0 Å². The highest BCUT2D eigenvalue weighted by atomic mass is 16.3. The average Bonchev–Trinajstić information content (AvgIpc) is 3.72. The number of pyridine rings is 2. The van der Waals surface area contributed by atoms with Crippen LogP contribution in [0.2, 0.25) is 0 Å². The van der Waals surface area contributed by atoms with Crippen molar-refractivity contribution in [2.75, 3.05) is 13.2 Å². The Morgan fingerprint density at radius 2 is 1.86 bits per heavy atom. The van der Waals surface area contributed by atoms with Crippen LogP contribution in [0.1, 0.15) is 41.4 Å². The summed E-state index contributed by atoms with van der Waals surface area (Å²) in [6.45, 7) is 1.64. The van der Waals surface area contributed by atoms with Gasteiger partial charge >= 0.3 is 0 Å². The van der Waals surface area contributed by atoms with Gasteiger partial charge in [0, 0.05) is 49.1 Å². The minimum Gasteiger partial charge on any atom is -0.396 e. The van der Waals surface area contributed by atoms with E-state index in [0.29, 0.717) is 24.6 Å². The summed E-state index contributed by atoms with van der Waals surface area (Å²) in [6, 6.07) is 19.1. The molecule has 1 saturated heterocycles. The standard InChI is InChI=1S/C30H32N4O3/c35-19-24-26-18-34-25(14-13-22(30(34)37)12-11-20-6-2-1-3-7-20)28(33(26)17-21-9-10-21)27(24)29(36)32-16-23-8-4-5-15-31-23/h1-8,11-15,21,24,26-28,35H,9-10,16-19H2,(H,32,36)/b12-11+/t24-,26-,27+,28+/m0/s1. The minimum atomic E-state index is -0.434. The predicted octanol–water partition coefficient (Wildman–Crippen LogP) is 3.10. The van der Waals surface area contributed by atoms with Crippen LogP contribution in [0.15, 0.2) is 71.7 Å². The second kappa shape index (κ2) is 10.1. The normalized spacial score (nSPS) is 24.8. The Morgan fingerprint density at radius 3 is 2.59 bits per heavy atom. The number of aliphatic hydroxyl groups excluding tert-OH is 1. The van der Waals surface area contributed by atoms with E-state index in [1.165, 1.54) is 12.8 Å². The Labute approximate surface area is 216 Å². The maximum atomic E-state index is 13.6. The van der Waals surface area contributed by atoms with Crippen molar-refractivity contribution >= 4 is 18.1 Å². The molecule has 6 rings (SSSR count). The lowest BCUT2D eigenvalue weighted by molar-refractivity contribution is -0.127. The van der Waals surface area contributed by atoms with Gasteiger partial charge in [0.1, 0.15) is 0 Å². The molecule has 2 bridgehead atoms. The number of aliphatic hydroxyl groups is 1. The molecule has 2 aliphatic heterocycles. The van der Waals surface area contributed by atoms with E-state index >= 15 is 0 Å².